The predicted octanol–water partition coefficient (Wildman–Crippen LogP) is 3.17. The SMILES string of the molecule is CCCCCCc1nc(SCC(=O)NC(C)(C#N)C(C)C)c2c(=O)n(C)c(=O)n(CCC)c2n1. The molecule has 2 aromatic rings. The van der Waals surface area contributed by atoms with Crippen LogP contribution in [0.25, 0.3) is 11.0 Å². The van der Waals surface area contributed by atoms with Gasteiger partial charge in [-0.2, -0.15) is 5.26 Å². The van der Waals surface area contributed by atoms with E-state index in [-0.39, 0.29) is 23.0 Å². The smallest absolute Gasteiger partial charge is 0.332 e. The van der Waals surface area contributed by atoms with E-state index in [1.807, 2.05) is 20.8 Å². The van der Waals surface area contributed by atoms with E-state index in [0.717, 1.165) is 42.0 Å². The molecule has 0 saturated carbocycles. The van der Waals surface area contributed by atoms with Crippen LogP contribution in [0.2, 0.25) is 0 Å². The van der Waals surface area contributed by atoms with Crippen LogP contribution >= 0.6 is 11.8 Å². The molecule has 1 atom stereocenters. The van der Waals surface area contributed by atoms with Crippen LogP contribution in [0.5, 0.6) is 0 Å². The lowest BCUT2D eigenvalue weighted by molar-refractivity contribution is -0.120. The topological polar surface area (TPSA) is 123 Å². The van der Waals surface area contributed by atoms with E-state index in [1.165, 1.54) is 11.6 Å². The molecule has 1 unspecified atom stereocenters. The molecule has 2 heterocycles. The Morgan fingerprint density at radius 3 is 2.47 bits per heavy atom. The molecule has 0 bridgehead atoms. The number of nitrogens with one attached hydrogen (secondary N) is 1. The van der Waals surface area contributed by atoms with Crippen LogP contribution in [0.15, 0.2) is 14.6 Å². The summed E-state index contributed by atoms with van der Waals surface area (Å²) in [4.78, 5) is 47.8. The van der Waals surface area contributed by atoms with Gasteiger partial charge in [0.25, 0.3) is 5.56 Å². The lowest BCUT2D eigenvalue weighted by atomic mass is 9.90. The van der Waals surface area contributed by atoms with Crippen molar-refractivity contribution in [3.8, 4) is 6.07 Å². The van der Waals surface area contributed by atoms with Crippen molar-refractivity contribution in [3.63, 3.8) is 0 Å². The zero-order valence-electron chi connectivity index (χ0n) is 21.1. The van der Waals surface area contributed by atoms with Crippen LogP contribution in [0.4, 0.5) is 0 Å². The lowest BCUT2D eigenvalue weighted by Gasteiger charge is -2.27. The highest BCUT2D eigenvalue weighted by atomic mass is 32.2. The number of fused-ring (bicyclic) bond motifs is 1. The number of amides is 1. The molecule has 34 heavy (non-hydrogen) atoms. The molecule has 0 aliphatic rings. The highest BCUT2D eigenvalue weighted by Crippen LogP contribution is 2.24. The molecule has 1 amide bonds. The second-order valence-electron chi connectivity index (χ2n) is 9.06. The van der Waals surface area contributed by atoms with Gasteiger partial charge >= 0.3 is 5.69 Å². The van der Waals surface area contributed by atoms with Crippen molar-refractivity contribution >= 4 is 28.7 Å². The number of hydrogen-bond donors (Lipinski definition) is 1. The fourth-order valence-corrected chi connectivity index (χ4v) is 4.33. The zero-order valence-corrected chi connectivity index (χ0v) is 21.9. The molecule has 2 aromatic heterocycles. The van der Waals surface area contributed by atoms with E-state index in [9.17, 15) is 19.6 Å². The van der Waals surface area contributed by atoms with Gasteiger partial charge in [-0.05, 0) is 25.7 Å². The highest BCUT2D eigenvalue weighted by molar-refractivity contribution is 8.00. The molecule has 0 fully saturated rings. The fraction of sp³-hybridized carbons (Fsp3) is 0.667. The van der Waals surface area contributed by atoms with Gasteiger partial charge in [-0.3, -0.25) is 18.7 Å². The number of hydrogen-bond acceptors (Lipinski definition) is 7. The Morgan fingerprint density at radius 2 is 1.88 bits per heavy atom. The number of rotatable bonds is 12. The third-order valence-corrected chi connectivity index (χ3v) is 7.00. The van der Waals surface area contributed by atoms with Crippen LogP contribution in [0.3, 0.4) is 0 Å². The Bertz CT molecular complexity index is 1180. The maximum absolute atomic E-state index is 13.1. The normalized spacial score (nSPS) is 13.1. The van der Waals surface area contributed by atoms with E-state index in [4.69, 9.17) is 0 Å². The first-order valence-corrected chi connectivity index (χ1v) is 12.9. The maximum atomic E-state index is 13.1. The average molecular weight is 489 g/mol. The van der Waals surface area contributed by atoms with Gasteiger partial charge in [-0.25, -0.2) is 14.8 Å². The fourth-order valence-electron chi connectivity index (χ4n) is 3.49. The van der Waals surface area contributed by atoms with Gasteiger partial charge in [0.1, 0.15) is 21.8 Å². The Labute approximate surface area is 205 Å². The van der Waals surface area contributed by atoms with Gasteiger partial charge in [0, 0.05) is 20.0 Å². The summed E-state index contributed by atoms with van der Waals surface area (Å²) in [5.41, 5.74) is -1.56. The van der Waals surface area contributed by atoms with E-state index in [2.05, 4.69) is 28.3 Å². The molecular formula is C24H36N6O3S. The number of unbranched alkanes of at least 4 members (excludes halogenated alkanes) is 3. The molecule has 10 heteroatoms. The van der Waals surface area contributed by atoms with E-state index < -0.39 is 16.8 Å². The number of carbonyl (C=O) groups excluding carboxylic acids is 1. The molecule has 0 spiro atoms. The summed E-state index contributed by atoms with van der Waals surface area (Å²) in [6.45, 7) is 9.95. The third-order valence-electron chi connectivity index (χ3n) is 6.02. The second-order valence-corrected chi connectivity index (χ2v) is 10.0. The van der Waals surface area contributed by atoms with Gasteiger partial charge in [-0.15, -0.1) is 0 Å². The molecule has 0 radical (unpaired) electrons. The van der Waals surface area contributed by atoms with Gasteiger partial charge in [-0.1, -0.05) is 58.7 Å². The van der Waals surface area contributed by atoms with Gasteiger partial charge in [0.05, 0.1) is 11.8 Å². The standard InChI is InChI=1S/C24H36N6O3S/c1-7-9-10-11-12-17-26-20-19(22(32)29(6)23(33)30(20)13-8-2)21(27-17)34-14-18(31)28-24(5,15-25)16(3)4/h16H,7-14H2,1-6H3,(H,28,31). The highest BCUT2D eigenvalue weighted by Gasteiger charge is 2.30. The summed E-state index contributed by atoms with van der Waals surface area (Å²) in [6, 6.07) is 2.17. The summed E-state index contributed by atoms with van der Waals surface area (Å²) in [7, 11) is 1.44. The summed E-state index contributed by atoms with van der Waals surface area (Å²) < 4.78 is 2.58. The van der Waals surface area contributed by atoms with Crippen molar-refractivity contribution in [2.45, 2.75) is 90.3 Å². The second kappa shape index (κ2) is 12.2. The first-order chi connectivity index (χ1) is 16.1. The summed E-state index contributed by atoms with van der Waals surface area (Å²) >= 11 is 1.13. The van der Waals surface area contributed by atoms with Crippen molar-refractivity contribution in [1.29, 1.82) is 5.26 Å². The summed E-state index contributed by atoms with van der Waals surface area (Å²) in [6.07, 6.45) is 5.51. The Kier molecular flexibility index (Phi) is 9.86. The number of aryl methyl sites for hydroxylation is 2. The van der Waals surface area contributed by atoms with Crippen molar-refractivity contribution in [2.24, 2.45) is 13.0 Å². The molecule has 0 aliphatic carbocycles. The Hall–Kier alpha value is -2.67. The van der Waals surface area contributed by atoms with E-state index in [1.54, 1.807) is 6.92 Å². The van der Waals surface area contributed by atoms with Crippen LogP contribution < -0.4 is 16.6 Å². The van der Waals surface area contributed by atoms with E-state index in [0.29, 0.717) is 35.9 Å². The van der Waals surface area contributed by atoms with Crippen molar-refractivity contribution in [3.05, 3.63) is 26.7 Å². The average Bonchev–Trinajstić information content (AvgIpc) is 2.81. The van der Waals surface area contributed by atoms with Gasteiger partial charge in [0.2, 0.25) is 5.91 Å². The minimum atomic E-state index is -0.992. The number of aromatic nitrogens is 4. The van der Waals surface area contributed by atoms with Crippen LogP contribution in [-0.4, -0.2) is 36.3 Å². The quantitative estimate of drug-likeness (QED) is 0.276. The molecule has 2 rings (SSSR count). The first-order valence-electron chi connectivity index (χ1n) is 11.9. The van der Waals surface area contributed by atoms with E-state index >= 15 is 0 Å². The molecule has 1 N–H and O–H groups in total. The lowest BCUT2D eigenvalue weighted by Crippen LogP contribution is -2.49. The summed E-state index contributed by atoms with van der Waals surface area (Å²) in [5.74, 6) is 0.157. The van der Waals surface area contributed by atoms with Gasteiger partial charge in [0.15, 0.2) is 5.65 Å². The molecule has 0 aromatic carbocycles. The molecule has 0 saturated heterocycles. The molecule has 0 aliphatic heterocycles. The van der Waals surface area contributed by atoms with Crippen LogP contribution in [0, 0.1) is 17.2 Å². The third kappa shape index (κ3) is 6.26. The monoisotopic (exact) mass is 488 g/mol. The van der Waals surface area contributed by atoms with Crippen LogP contribution in [0.1, 0.15) is 72.5 Å². The van der Waals surface area contributed by atoms with Crippen molar-refractivity contribution in [2.75, 3.05) is 5.75 Å². The number of thioether (sulfide) groups is 1. The zero-order chi connectivity index (χ0) is 25.5. The van der Waals surface area contributed by atoms with Gasteiger partial charge < -0.3 is 5.32 Å². The number of nitriles is 1. The largest absolute Gasteiger partial charge is 0.337 e. The Balaban J connectivity index is 2.50. The maximum Gasteiger partial charge on any atom is 0.332 e. The number of nitrogens with zero attached hydrogens (tertiary/aromatic N) is 5. The Morgan fingerprint density at radius 1 is 1.18 bits per heavy atom. The minimum Gasteiger partial charge on any atom is -0.337 e. The first kappa shape index (κ1) is 27.6. The number of carbonyl (C=O) groups is 1. The minimum absolute atomic E-state index is 0.0125. The van der Waals surface area contributed by atoms with Crippen molar-refractivity contribution < 1.29 is 4.79 Å². The van der Waals surface area contributed by atoms with Crippen LogP contribution in [-0.2, 0) is 24.8 Å². The summed E-state index contributed by atoms with van der Waals surface area (Å²) in [5, 5.41) is 12.9. The predicted molar refractivity (Wildman–Crippen MR) is 135 cm³/mol. The molecular weight excluding hydrogens is 452 g/mol. The van der Waals surface area contributed by atoms with Crippen molar-refractivity contribution in [1.82, 2.24) is 24.4 Å². The molecule has 9 nitrogen and oxygen atoms in total. The molecule has 186 valence electrons.